The second-order valence-electron chi connectivity index (χ2n) is 5.25. The van der Waals surface area contributed by atoms with Gasteiger partial charge in [-0.25, -0.2) is 0 Å². The molecule has 0 atom stereocenters. The molecule has 0 spiro atoms. The van der Waals surface area contributed by atoms with Crippen molar-refractivity contribution < 1.29 is 33.3 Å². The lowest BCUT2D eigenvalue weighted by Gasteiger charge is -2.11. The molecule has 1 saturated heterocycles. The fourth-order valence-electron chi connectivity index (χ4n) is 2.45. The van der Waals surface area contributed by atoms with E-state index in [1.807, 2.05) is 6.92 Å². The van der Waals surface area contributed by atoms with Crippen molar-refractivity contribution in [1.29, 1.82) is 0 Å². The number of hydrogen-bond acceptors (Lipinski definition) is 8. The van der Waals surface area contributed by atoms with Crippen LogP contribution in [0, 0.1) is 0 Å². The Morgan fingerprint density at radius 3 is 2.65 bits per heavy atom. The zero-order valence-electron chi connectivity index (χ0n) is 14.3. The van der Waals surface area contributed by atoms with E-state index in [0.717, 1.165) is 16.7 Å². The van der Waals surface area contributed by atoms with E-state index in [2.05, 4.69) is 0 Å². The van der Waals surface area contributed by atoms with Crippen LogP contribution in [0.1, 0.15) is 19.4 Å². The van der Waals surface area contributed by atoms with Gasteiger partial charge in [0, 0.05) is 11.6 Å². The molecule has 0 unspecified atom stereocenters. The molecule has 0 saturated carbocycles. The summed E-state index contributed by atoms with van der Waals surface area (Å²) < 4.78 is 21.0. The number of nitrogens with zero attached hydrogens (tertiary/aromatic N) is 1. The van der Waals surface area contributed by atoms with Crippen LogP contribution in [0.3, 0.4) is 0 Å². The summed E-state index contributed by atoms with van der Waals surface area (Å²) in [4.78, 5) is 37.2. The number of imide groups is 1. The Balaban J connectivity index is 1.87. The van der Waals surface area contributed by atoms with Crippen molar-refractivity contribution in [3.8, 4) is 17.2 Å². The topological polar surface area (TPSA) is 91.4 Å². The predicted octanol–water partition coefficient (Wildman–Crippen LogP) is 2.41. The highest BCUT2D eigenvalue weighted by atomic mass is 32.2. The molecular weight excluding hydrogens is 362 g/mol. The summed E-state index contributed by atoms with van der Waals surface area (Å²) in [6.45, 7) is 3.79. The summed E-state index contributed by atoms with van der Waals surface area (Å²) in [5.74, 6) is 0.419. The van der Waals surface area contributed by atoms with Crippen LogP contribution in [-0.2, 0) is 14.3 Å². The highest BCUT2D eigenvalue weighted by Gasteiger charge is 2.37. The molecule has 9 heteroatoms. The number of esters is 1. The maximum absolute atomic E-state index is 12.5. The zero-order chi connectivity index (χ0) is 18.7. The summed E-state index contributed by atoms with van der Waals surface area (Å²) >= 11 is 0.760. The minimum atomic E-state index is -0.630. The second kappa shape index (κ2) is 7.69. The Hall–Kier alpha value is -2.68. The smallest absolute Gasteiger partial charge is 0.326 e. The van der Waals surface area contributed by atoms with Gasteiger partial charge in [-0.15, -0.1) is 0 Å². The van der Waals surface area contributed by atoms with E-state index in [9.17, 15) is 14.4 Å². The molecule has 0 bridgehead atoms. The first-order chi connectivity index (χ1) is 12.5. The molecule has 1 fully saturated rings. The number of amides is 2. The van der Waals surface area contributed by atoms with Crippen LogP contribution >= 0.6 is 11.8 Å². The fourth-order valence-corrected chi connectivity index (χ4v) is 3.27. The number of thioether (sulfide) groups is 1. The van der Waals surface area contributed by atoms with Gasteiger partial charge in [0.1, 0.15) is 12.3 Å². The van der Waals surface area contributed by atoms with Gasteiger partial charge in [-0.05, 0) is 37.8 Å². The van der Waals surface area contributed by atoms with E-state index in [4.69, 9.17) is 18.9 Å². The van der Waals surface area contributed by atoms with Gasteiger partial charge in [0.05, 0.1) is 18.1 Å². The van der Waals surface area contributed by atoms with Crippen LogP contribution in [0.2, 0.25) is 0 Å². The lowest BCUT2D eigenvalue weighted by molar-refractivity contribution is -0.145. The van der Waals surface area contributed by atoms with Crippen molar-refractivity contribution in [2.45, 2.75) is 13.8 Å². The zero-order valence-corrected chi connectivity index (χ0v) is 15.1. The highest BCUT2D eigenvalue weighted by molar-refractivity contribution is 8.18. The molecule has 26 heavy (non-hydrogen) atoms. The van der Waals surface area contributed by atoms with Crippen LogP contribution in [-0.4, -0.2) is 48.6 Å². The third kappa shape index (κ3) is 3.62. The van der Waals surface area contributed by atoms with Gasteiger partial charge in [-0.3, -0.25) is 19.3 Å². The van der Waals surface area contributed by atoms with Crippen molar-refractivity contribution in [3.05, 3.63) is 22.6 Å². The number of benzene rings is 1. The van der Waals surface area contributed by atoms with Crippen molar-refractivity contribution in [2.24, 2.45) is 0 Å². The SMILES string of the molecule is CCOC(=O)CN1C(=O)SC(=Cc2cc3c(cc2OCC)OCO3)C1=O. The van der Waals surface area contributed by atoms with Crippen molar-refractivity contribution >= 4 is 35.0 Å². The van der Waals surface area contributed by atoms with Gasteiger partial charge in [0.2, 0.25) is 6.79 Å². The molecular formula is C17H17NO7S. The molecule has 0 radical (unpaired) electrons. The van der Waals surface area contributed by atoms with Crippen LogP contribution in [0.15, 0.2) is 17.0 Å². The van der Waals surface area contributed by atoms with Crippen molar-refractivity contribution in [1.82, 2.24) is 4.90 Å². The van der Waals surface area contributed by atoms with Gasteiger partial charge < -0.3 is 18.9 Å². The van der Waals surface area contributed by atoms with Crippen LogP contribution in [0.5, 0.6) is 17.2 Å². The second-order valence-corrected chi connectivity index (χ2v) is 6.24. The first kappa shape index (κ1) is 18.1. The van der Waals surface area contributed by atoms with Crippen LogP contribution < -0.4 is 14.2 Å². The van der Waals surface area contributed by atoms with E-state index < -0.39 is 23.7 Å². The van der Waals surface area contributed by atoms with Gasteiger partial charge in [-0.2, -0.15) is 0 Å². The molecule has 1 aromatic rings. The molecule has 3 rings (SSSR count). The standard InChI is InChI=1S/C17H17NO7S/c1-3-22-11-7-13-12(24-9-25-13)5-10(11)6-14-16(20)18(17(21)26-14)8-15(19)23-4-2/h5-7H,3-4,8-9H2,1-2H3. The van der Waals surface area contributed by atoms with Crippen LogP contribution in [0.25, 0.3) is 6.08 Å². The summed E-state index contributed by atoms with van der Waals surface area (Å²) in [7, 11) is 0. The molecule has 1 aromatic carbocycles. The van der Waals surface area contributed by atoms with Crippen molar-refractivity contribution in [2.75, 3.05) is 26.6 Å². The van der Waals surface area contributed by atoms with E-state index in [-0.39, 0.29) is 18.3 Å². The average Bonchev–Trinajstić information content (AvgIpc) is 3.15. The Morgan fingerprint density at radius 2 is 1.96 bits per heavy atom. The third-order valence-electron chi connectivity index (χ3n) is 3.56. The van der Waals surface area contributed by atoms with Crippen LogP contribution in [0.4, 0.5) is 4.79 Å². The summed E-state index contributed by atoms with van der Waals surface area (Å²) in [5.41, 5.74) is 0.581. The third-order valence-corrected chi connectivity index (χ3v) is 4.46. The van der Waals surface area contributed by atoms with Gasteiger partial charge in [-0.1, -0.05) is 0 Å². The molecule has 0 aliphatic carbocycles. The predicted molar refractivity (Wildman–Crippen MR) is 93.0 cm³/mol. The number of rotatable bonds is 6. The largest absolute Gasteiger partial charge is 0.493 e. The molecule has 8 nitrogen and oxygen atoms in total. The monoisotopic (exact) mass is 379 g/mol. The maximum atomic E-state index is 12.5. The lowest BCUT2D eigenvalue weighted by Crippen LogP contribution is -2.34. The Labute approximate surface area is 154 Å². The Kier molecular flexibility index (Phi) is 5.36. The van der Waals surface area contributed by atoms with E-state index in [1.54, 1.807) is 25.1 Å². The van der Waals surface area contributed by atoms with E-state index in [0.29, 0.717) is 29.4 Å². The molecule has 2 aliphatic rings. The number of hydrogen-bond donors (Lipinski definition) is 0. The normalized spacial score (nSPS) is 17.2. The number of fused-ring (bicyclic) bond motifs is 1. The lowest BCUT2D eigenvalue weighted by atomic mass is 10.1. The average molecular weight is 379 g/mol. The highest BCUT2D eigenvalue weighted by Crippen LogP contribution is 2.41. The number of ether oxygens (including phenoxy) is 4. The van der Waals surface area contributed by atoms with Gasteiger partial charge in [0.15, 0.2) is 11.5 Å². The molecule has 0 N–H and O–H groups in total. The van der Waals surface area contributed by atoms with E-state index in [1.165, 1.54) is 0 Å². The van der Waals surface area contributed by atoms with Gasteiger partial charge >= 0.3 is 5.97 Å². The Morgan fingerprint density at radius 1 is 1.23 bits per heavy atom. The summed E-state index contributed by atoms with van der Waals surface area (Å²) in [6, 6.07) is 3.37. The number of carbonyl (C=O) groups is 3. The first-order valence-corrected chi connectivity index (χ1v) is 8.82. The molecule has 2 heterocycles. The quantitative estimate of drug-likeness (QED) is 0.550. The maximum Gasteiger partial charge on any atom is 0.326 e. The molecule has 2 amide bonds. The fraction of sp³-hybridized carbons (Fsp3) is 0.353. The van der Waals surface area contributed by atoms with Gasteiger partial charge in [0.25, 0.3) is 11.1 Å². The molecule has 138 valence electrons. The molecule has 2 aliphatic heterocycles. The minimum absolute atomic E-state index is 0.112. The first-order valence-electron chi connectivity index (χ1n) is 8.01. The summed E-state index contributed by atoms with van der Waals surface area (Å²) in [6.07, 6.45) is 1.54. The van der Waals surface area contributed by atoms with Crippen molar-refractivity contribution in [3.63, 3.8) is 0 Å². The minimum Gasteiger partial charge on any atom is -0.493 e. The summed E-state index contributed by atoms with van der Waals surface area (Å²) in [5, 5.41) is -0.520. The molecule has 0 aromatic heterocycles. The number of carbonyl (C=O) groups excluding carboxylic acids is 3. The Bertz CT molecular complexity index is 790. The van der Waals surface area contributed by atoms with E-state index >= 15 is 0 Å².